The number of benzene rings is 1. The predicted octanol–water partition coefficient (Wildman–Crippen LogP) is 1.70. The van der Waals surface area contributed by atoms with E-state index in [1.54, 1.807) is 7.11 Å². The molecule has 2 rings (SSSR count). The van der Waals surface area contributed by atoms with Gasteiger partial charge in [0.15, 0.2) is 0 Å². The maximum atomic E-state index is 9.94. The van der Waals surface area contributed by atoms with E-state index in [-0.39, 0.29) is 18.2 Å². The second-order valence-corrected chi connectivity index (χ2v) is 4.71. The highest BCUT2D eigenvalue weighted by molar-refractivity contribution is 5.14. The maximum Gasteiger partial charge on any atom is 0.0695 e. The molecule has 0 heterocycles. The third-order valence-corrected chi connectivity index (χ3v) is 3.51. The van der Waals surface area contributed by atoms with E-state index in [0.29, 0.717) is 0 Å². The molecule has 1 fully saturated rings. The minimum absolute atomic E-state index is 0.147. The van der Waals surface area contributed by atoms with E-state index in [4.69, 9.17) is 4.74 Å². The molecule has 3 unspecified atom stereocenters. The van der Waals surface area contributed by atoms with Gasteiger partial charge in [-0.25, -0.2) is 0 Å². The van der Waals surface area contributed by atoms with Crippen LogP contribution >= 0.6 is 0 Å². The molecule has 0 spiro atoms. The van der Waals surface area contributed by atoms with Crippen molar-refractivity contribution >= 4 is 0 Å². The fourth-order valence-corrected chi connectivity index (χ4v) is 2.39. The molecule has 94 valence electrons. The first-order valence-corrected chi connectivity index (χ1v) is 6.27. The van der Waals surface area contributed by atoms with E-state index in [1.165, 1.54) is 5.56 Å². The van der Waals surface area contributed by atoms with Gasteiger partial charge in [0.05, 0.1) is 12.2 Å². The lowest BCUT2D eigenvalue weighted by molar-refractivity contribution is 0.00172. The number of ether oxygens (including phenoxy) is 1. The van der Waals surface area contributed by atoms with E-state index >= 15 is 0 Å². The second kappa shape index (κ2) is 6.15. The van der Waals surface area contributed by atoms with Gasteiger partial charge < -0.3 is 15.2 Å². The van der Waals surface area contributed by atoms with Gasteiger partial charge in [-0.05, 0) is 24.8 Å². The molecule has 0 saturated heterocycles. The van der Waals surface area contributed by atoms with E-state index in [1.807, 2.05) is 18.2 Å². The van der Waals surface area contributed by atoms with Crippen LogP contribution in [0.3, 0.4) is 0 Å². The van der Waals surface area contributed by atoms with Crippen LogP contribution in [0.1, 0.15) is 24.8 Å². The molecule has 3 nitrogen and oxygen atoms in total. The zero-order valence-corrected chi connectivity index (χ0v) is 10.3. The van der Waals surface area contributed by atoms with Gasteiger partial charge in [-0.15, -0.1) is 0 Å². The lowest BCUT2D eigenvalue weighted by atomic mass is 9.90. The minimum atomic E-state index is -0.245. The number of aliphatic hydroxyl groups is 1. The molecular formula is C14H21NO2. The van der Waals surface area contributed by atoms with Crippen LogP contribution in [0.25, 0.3) is 0 Å². The fraction of sp³-hybridized carbons (Fsp3) is 0.571. The monoisotopic (exact) mass is 235 g/mol. The highest BCUT2D eigenvalue weighted by Crippen LogP contribution is 2.21. The average molecular weight is 235 g/mol. The van der Waals surface area contributed by atoms with Crippen molar-refractivity contribution in [1.29, 1.82) is 0 Å². The summed E-state index contributed by atoms with van der Waals surface area (Å²) in [6, 6.07) is 10.4. The van der Waals surface area contributed by atoms with Gasteiger partial charge >= 0.3 is 0 Å². The van der Waals surface area contributed by atoms with Crippen molar-refractivity contribution in [1.82, 2.24) is 5.32 Å². The molecule has 1 saturated carbocycles. The highest BCUT2D eigenvalue weighted by Gasteiger charge is 2.28. The number of aliphatic hydroxyl groups excluding tert-OH is 1. The predicted molar refractivity (Wildman–Crippen MR) is 67.7 cm³/mol. The van der Waals surface area contributed by atoms with Gasteiger partial charge in [0.1, 0.15) is 0 Å². The molecule has 1 aromatic rings. The van der Waals surface area contributed by atoms with E-state index in [0.717, 1.165) is 25.8 Å². The van der Waals surface area contributed by atoms with Crippen LogP contribution in [-0.2, 0) is 11.3 Å². The Balaban J connectivity index is 1.85. The van der Waals surface area contributed by atoms with Gasteiger partial charge in [0, 0.05) is 19.7 Å². The molecule has 1 aromatic carbocycles. The molecule has 0 amide bonds. The first-order chi connectivity index (χ1) is 8.29. The number of nitrogens with one attached hydrogen (secondary N) is 1. The lowest BCUT2D eigenvalue weighted by Gasteiger charge is -2.33. The first-order valence-electron chi connectivity index (χ1n) is 6.27. The second-order valence-electron chi connectivity index (χ2n) is 4.71. The van der Waals surface area contributed by atoms with Crippen molar-refractivity contribution in [2.24, 2.45) is 0 Å². The van der Waals surface area contributed by atoms with Crippen molar-refractivity contribution in [3.63, 3.8) is 0 Å². The normalized spacial score (nSPS) is 29.2. The molecule has 0 aliphatic heterocycles. The Hall–Kier alpha value is -0.900. The molecule has 3 atom stereocenters. The summed E-state index contributed by atoms with van der Waals surface area (Å²) in [5.74, 6) is 0. The van der Waals surface area contributed by atoms with Crippen molar-refractivity contribution in [2.45, 2.75) is 44.1 Å². The Labute approximate surface area is 103 Å². The van der Waals surface area contributed by atoms with Crippen LogP contribution in [0.2, 0.25) is 0 Å². The smallest absolute Gasteiger partial charge is 0.0695 e. The Morgan fingerprint density at radius 1 is 1.29 bits per heavy atom. The Kier molecular flexibility index (Phi) is 4.54. The number of hydrogen-bond acceptors (Lipinski definition) is 3. The summed E-state index contributed by atoms with van der Waals surface area (Å²) in [6.45, 7) is 0.805. The molecule has 0 aromatic heterocycles. The molecule has 2 N–H and O–H groups in total. The van der Waals surface area contributed by atoms with Crippen molar-refractivity contribution in [2.75, 3.05) is 7.11 Å². The molecule has 3 heteroatoms. The molecule has 1 aliphatic rings. The third kappa shape index (κ3) is 3.53. The molecule has 0 bridgehead atoms. The fourth-order valence-electron chi connectivity index (χ4n) is 2.39. The summed E-state index contributed by atoms with van der Waals surface area (Å²) in [5, 5.41) is 13.4. The Bertz CT molecular complexity index is 328. The van der Waals surface area contributed by atoms with Gasteiger partial charge in [-0.2, -0.15) is 0 Å². The quantitative estimate of drug-likeness (QED) is 0.834. The largest absolute Gasteiger partial charge is 0.392 e. The first kappa shape index (κ1) is 12.6. The van der Waals surface area contributed by atoms with Crippen LogP contribution in [0.4, 0.5) is 0 Å². The highest BCUT2D eigenvalue weighted by atomic mass is 16.5. The summed E-state index contributed by atoms with van der Waals surface area (Å²) >= 11 is 0. The SMILES string of the molecule is COC1CCC(O)C(NCc2ccccc2)C1. The molecular weight excluding hydrogens is 214 g/mol. The van der Waals surface area contributed by atoms with Crippen LogP contribution in [0.5, 0.6) is 0 Å². The van der Waals surface area contributed by atoms with Gasteiger partial charge in [0.2, 0.25) is 0 Å². The molecule has 17 heavy (non-hydrogen) atoms. The van der Waals surface area contributed by atoms with Crippen molar-refractivity contribution in [3.8, 4) is 0 Å². The van der Waals surface area contributed by atoms with Gasteiger partial charge in [-0.1, -0.05) is 30.3 Å². The third-order valence-electron chi connectivity index (χ3n) is 3.51. The summed E-state index contributed by atoms with van der Waals surface area (Å²) < 4.78 is 5.37. The summed E-state index contributed by atoms with van der Waals surface area (Å²) in [7, 11) is 1.75. The Morgan fingerprint density at radius 3 is 2.76 bits per heavy atom. The van der Waals surface area contributed by atoms with E-state index in [9.17, 15) is 5.11 Å². The molecule has 0 radical (unpaired) electrons. The van der Waals surface area contributed by atoms with E-state index in [2.05, 4.69) is 17.4 Å². The number of rotatable bonds is 4. The van der Waals surface area contributed by atoms with Crippen LogP contribution < -0.4 is 5.32 Å². The standard InChI is InChI=1S/C14H21NO2/c1-17-12-7-8-14(16)13(9-12)15-10-11-5-3-2-4-6-11/h2-6,12-16H,7-10H2,1H3. The topological polar surface area (TPSA) is 41.5 Å². The summed E-state index contributed by atoms with van der Waals surface area (Å²) in [5.41, 5.74) is 1.25. The Morgan fingerprint density at radius 2 is 2.06 bits per heavy atom. The van der Waals surface area contributed by atoms with E-state index < -0.39 is 0 Å². The van der Waals surface area contributed by atoms with Crippen LogP contribution in [0, 0.1) is 0 Å². The summed E-state index contributed by atoms with van der Waals surface area (Å²) in [6.07, 6.45) is 2.72. The number of hydrogen-bond donors (Lipinski definition) is 2. The lowest BCUT2D eigenvalue weighted by Crippen LogP contribution is -2.45. The van der Waals surface area contributed by atoms with Gasteiger partial charge in [0.25, 0.3) is 0 Å². The molecule has 1 aliphatic carbocycles. The zero-order valence-electron chi connectivity index (χ0n) is 10.3. The maximum absolute atomic E-state index is 9.94. The van der Waals surface area contributed by atoms with Crippen LogP contribution in [0.15, 0.2) is 30.3 Å². The van der Waals surface area contributed by atoms with Crippen molar-refractivity contribution in [3.05, 3.63) is 35.9 Å². The zero-order chi connectivity index (χ0) is 12.1. The number of methoxy groups -OCH3 is 1. The summed E-state index contributed by atoms with van der Waals surface area (Å²) in [4.78, 5) is 0. The van der Waals surface area contributed by atoms with Crippen LogP contribution in [-0.4, -0.2) is 30.5 Å². The van der Waals surface area contributed by atoms with Gasteiger partial charge in [-0.3, -0.25) is 0 Å². The van der Waals surface area contributed by atoms with Crippen molar-refractivity contribution < 1.29 is 9.84 Å². The average Bonchev–Trinajstić information content (AvgIpc) is 2.39. The minimum Gasteiger partial charge on any atom is -0.392 e.